The molecule has 1 unspecified atom stereocenters. The van der Waals surface area contributed by atoms with Crippen LogP contribution in [-0.2, 0) is 14.3 Å². The lowest BCUT2D eigenvalue weighted by Gasteiger charge is -2.31. The zero-order valence-corrected chi connectivity index (χ0v) is 14.2. The zero-order valence-electron chi connectivity index (χ0n) is 14.2. The van der Waals surface area contributed by atoms with Crippen LogP contribution in [0.15, 0.2) is 30.3 Å². The molecule has 2 heterocycles. The van der Waals surface area contributed by atoms with Gasteiger partial charge in [-0.1, -0.05) is 18.2 Å². The Morgan fingerprint density at radius 2 is 2.08 bits per heavy atom. The molecule has 1 N–H and O–H groups in total. The van der Waals surface area contributed by atoms with Gasteiger partial charge in [0.1, 0.15) is 18.0 Å². The van der Waals surface area contributed by atoms with Gasteiger partial charge in [0.15, 0.2) is 0 Å². The number of amides is 2. The van der Waals surface area contributed by atoms with Crippen LogP contribution in [-0.4, -0.2) is 78.3 Å². The monoisotopic (exact) mass is 348 g/mol. The number of carbonyl (C=O) groups is 2. The molecule has 136 valence electrons. The Bertz CT molecular complexity index is 609. The molecule has 7 nitrogen and oxygen atoms in total. The number of hydrogen-bond donors (Lipinski definition) is 1. The number of carbonyl (C=O) groups excluding carboxylic acids is 2. The summed E-state index contributed by atoms with van der Waals surface area (Å²) >= 11 is 0. The van der Waals surface area contributed by atoms with Gasteiger partial charge in [-0.25, -0.2) is 0 Å². The molecule has 0 saturated carbocycles. The summed E-state index contributed by atoms with van der Waals surface area (Å²) in [6.45, 7) is 1.70. The average Bonchev–Trinajstić information content (AvgIpc) is 2.90. The zero-order chi connectivity index (χ0) is 17.7. The highest BCUT2D eigenvalue weighted by Gasteiger charge is 2.36. The lowest BCUT2D eigenvalue weighted by Crippen LogP contribution is -2.52. The van der Waals surface area contributed by atoms with Crippen molar-refractivity contribution >= 4 is 11.8 Å². The lowest BCUT2D eigenvalue weighted by molar-refractivity contribution is -0.140. The summed E-state index contributed by atoms with van der Waals surface area (Å²) in [6, 6.07) is 9.21. The number of hydrogen-bond acceptors (Lipinski definition) is 5. The molecule has 1 aromatic rings. The summed E-state index contributed by atoms with van der Waals surface area (Å²) in [5, 5.41) is 10.8. The minimum Gasteiger partial charge on any atom is -0.490 e. The number of ether oxygens (including phenoxy) is 2. The largest absolute Gasteiger partial charge is 0.490 e. The third kappa shape index (κ3) is 4.70. The Kier molecular flexibility index (Phi) is 5.55. The van der Waals surface area contributed by atoms with E-state index in [2.05, 4.69) is 0 Å². The highest BCUT2D eigenvalue weighted by atomic mass is 16.5. The summed E-state index contributed by atoms with van der Waals surface area (Å²) in [4.78, 5) is 27.4. The third-order valence-corrected chi connectivity index (χ3v) is 4.46. The molecule has 2 fully saturated rings. The Hall–Kier alpha value is -2.12. The standard InChI is InChI=1S/C18H24N2O5/c21-16-7-4-8-19(16)11-17(22)20-9-10-24-13-18(23,12-20)14-25-15-5-2-1-3-6-15/h1-3,5-6,23H,4,7-14H2. The van der Waals surface area contributed by atoms with Crippen molar-refractivity contribution < 1.29 is 24.2 Å². The Morgan fingerprint density at radius 3 is 2.80 bits per heavy atom. The molecule has 0 aliphatic carbocycles. The summed E-state index contributed by atoms with van der Waals surface area (Å²) in [5.74, 6) is 0.502. The van der Waals surface area contributed by atoms with Crippen molar-refractivity contribution in [1.82, 2.24) is 9.80 Å². The van der Waals surface area contributed by atoms with Crippen LogP contribution in [0.3, 0.4) is 0 Å². The van der Waals surface area contributed by atoms with Gasteiger partial charge >= 0.3 is 0 Å². The topological polar surface area (TPSA) is 79.3 Å². The first-order valence-electron chi connectivity index (χ1n) is 8.59. The fraction of sp³-hybridized carbons (Fsp3) is 0.556. The van der Waals surface area contributed by atoms with Crippen LogP contribution in [0.5, 0.6) is 5.75 Å². The highest BCUT2D eigenvalue weighted by molar-refractivity contribution is 5.86. The smallest absolute Gasteiger partial charge is 0.242 e. The second-order valence-electron chi connectivity index (χ2n) is 6.61. The minimum atomic E-state index is -1.28. The van der Waals surface area contributed by atoms with Gasteiger partial charge in [0.2, 0.25) is 11.8 Å². The van der Waals surface area contributed by atoms with Crippen molar-refractivity contribution in [2.24, 2.45) is 0 Å². The Morgan fingerprint density at radius 1 is 1.28 bits per heavy atom. The van der Waals surface area contributed by atoms with E-state index in [0.29, 0.717) is 31.9 Å². The first-order chi connectivity index (χ1) is 12.1. The Balaban J connectivity index is 1.59. The van der Waals surface area contributed by atoms with Crippen LogP contribution in [0.2, 0.25) is 0 Å². The molecule has 0 bridgehead atoms. The van der Waals surface area contributed by atoms with E-state index in [1.807, 2.05) is 30.3 Å². The summed E-state index contributed by atoms with van der Waals surface area (Å²) in [5.41, 5.74) is -1.28. The molecule has 2 saturated heterocycles. The Labute approximate surface area is 147 Å². The minimum absolute atomic E-state index is 0.0158. The van der Waals surface area contributed by atoms with Crippen molar-refractivity contribution in [3.63, 3.8) is 0 Å². The molecule has 7 heteroatoms. The van der Waals surface area contributed by atoms with Crippen molar-refractivity contribution in [3.05, 3.63) is 30.3 Å². The molecule has 2 amide bonds. The van der Waals surface area contributed by atoms with Crippen molar-refractivity contribution in [3.8, 4) is 5.75 Å². The summed E-state index contributed by atoms with van der Waals surface area (Å²) < 4.78 is 11.1. The highest BCUT2D eigenvalue weighted by Crippen LogP contribution is 2.17. The van der Waals surface area contributed by atoms with Gasteiger partial charge in [-0.3, -0.25) is 9.59 Å². The van der Waals surface area contributed by atoms with Crippen molar-refractivity contribution in [2.45, 2.75) is 18.4 Å². The summed E-state index contributed by atoms with van der Waals surface area (Å²) in [7, 11) is 0. The third-order valence-electron chi connectivity index (χ3n) is 4.46. The maximum atomic E-state index is 12.5. The molecule has 1 aromatic carbocycles. The molecule has 0 radical (unpaired) electrons. The van der Waals surface area contributed by atoms with Gasteiger partial charge in [-0.05, 0) is 18.6 Å². The molecule has 1 atom stereocenters. The van der Waals surface area contributed by atoms with Crippen LogP contribution in [0.25, 0.3) is 0 Å². The SMILES string of the molecule is O=C1CCCN1CC(=O)N1CCOCC(O)(COc2ccccc2)C1. The van der Waals surface area contributed by atoms with Crippen LogP contribution in [0.1, 0.15) is 12.8 Å². The van der Waals surface area contributed by atoms with Crippen LogP contribution >= 0.6 is 0 Å². The number of nitrogens with zero attached hydrogens (tertiary/aromatic N) is 2. The van der Waals surface area contributed by atoms with Gasteiger partial charge in [-0.15, -0.1) is 0 Å². The number of likely N-dealkylation sites (tertiary alicyclic amines) is 1. The molecule has 0 aromatic heterocycles. The predicted molar refractivity (Wildman–Crippen MR) is 90.1 cm³/mol. The van der Waals surface area contributed by atoms with Crippen molar-refractivity contribution in [1.29, 1.82) is 0 Å². The number of benzene rings is 1. The van der Waals surface area contributed by atoms with Gasteiger partial charge < -0.3 is 24.4 Å². The van der Waals surface area contributed by atoms with Gasteiger partial charge in [0, 0.05) is 19.5 Å². The quantitative estimate of drug-likeness (QED) is 0.827. The molecule has 25 heavy (non-hydrogen) atoms. The fourth-order valence-corrected chi connectivity index (χ4v) is 3.09. The molecule has 0 spiro atoms. The summed E-state index contributed by atoms with van der Waals surface area (Å²) in [6.07, 6.45) is 1.30. The van der Waals surface area contributed by atoms with E-state index in [1.165, 1.54) is 0 Å². The van der Waals surface area contributed by atoms with Crippen molar-refractivity contribution in [2.75, 3.05) is 46.0 Å². The van der Waals surface area contributed by atoms with E-state index in [-0.39, 0.29) is 38.1 Å². The predicted octanol–water partition coefficient (Wildman–Crippen LogP) is 0.278. The molecular formula is C18H24N2O5. The van der Waals surface area contributed by atoms with Gasteiger partial charge in [0.05, 0.1) is 26.3 Å². The molecule has 2 aliphatic heterocycles. The fourth-order valence-electron chi connectivity index (χ4n) is 3.09. The molecular weight excluding hydrogens is 324 g/mol. The van der Waals surface area contributed by atoms with Crippen LogP contribution in [0, 0.1) is 0 Å². The maximum absolute atomic E-state index is 12.5. The molecule has 2 aliphatic rings. The van der Waals surface area contributed by atoms with Crippen LogP contribution < -0.4 is 4.74 Å². The second-order valence-corrected chi connectivity index (χ2v) is 6.61. The van der Waals surface area contributed by atoms with E-state index in [1.54, 1.807) is 9.80 Å². The average molecular weight is 348 g/mol. The maximum Gasteiger partial charge on any atom is 0.242 e. The first kappa shape index (κ1) is 17.7. The second kappa shape index (κ2) is 7.84. The van der Waals surface area contributed by atoms with E-state index in [9.17, 15) is 14.7 Å². The van der Waals surface area contributed by atoms with E-state index >= 15 is 0 Å². The first-order valence-corrected chi connectivity index (χ1v) is 8.59. The lowest BCUT2D eigenvalue weighted by atomic mass is 10.1. The number of aliphatic hydroxyl groups is 1. The number of rotatable bonds is 5. The van der Waals surface area contributed by atoms with Gasteiger partial charge in [-0.2, -0.15) is 0 Å². The number of para-hydroxylation sites is 1. The van der Waals surface area contributed by atoms with E-state index < -0.39 is 5.60 Å². The number of β-amino-alcohol motifs (C(OH)–C–C–N with tert-alkyl or cyclic N) is 1. The van der Waals surface area contributed by atoms with Gasteiger partial charge in [0.25, 0.3) is 0 Å². The van der Waals surface area contributed by atoms with Crippen LogP contribution in [0.4, 0.5) is 0 Å². The normalized spacial score (nSPS) is 24.3. The van der Waals surface area contributed by atoms with E-state index in [4.69, 9.17) is 9.47 Å². The molecule has 3 rings (SSSR count). The van der Waals surface area contributed by atoms with E-state index in [0.717, 1.165) is 6.42 Å².